The lowest BCUT2D eigenvalue weighted by Gasteiger charge is -2.10. The third kappa shape index (κ3) is 7.08. The number of hydrogen-bond acceptors (Lipinski definition) is 3. The predicted octanol–water partition coefficient (Wildman–Crippen LogP) is -1.05. The highest BCUT2D eigenvalue weighted by atomic mass is 16.2. The van der Waals surface area contributed by atoms with E-state index in [2.05, 4.69) is 10.6 Å². The molecule has 80 valence electrons. The number of carbonyl (C=O) groups is 2. The fourth-order valence-corrected chi connectivity index (χ4v) is 0.980. The Balaban J connectivity index is 3.57. The van der Waals surface area contributed by atoms with Gasteiger partial charge < -0.3 is 21.2 Å². The van der Waals surface area contributed by atoms with Crippen LogP contribution in [0.4, 0.5) is 0 Å². The number of nitrogens with one attached hydrogen (secondary N) is 3. The Labute approximate surface area is 82.7 Å². The number of amides is 1. The second-order valence-corrected chi connectivity index (χ2v) is 2.93. The van der Waals surface area contributed by atoms with E-state index in [1.165, 1.54) is 6.92 Å². The summed E-state index contributed by atoms with van der Waals surface area (Å²) in [6.45, 7) is 1.89. The van der Waals surface area contributed by atoms with Gasteiger partial charge in [0.1, 0.15) is 6.29 Å². The van der Waals surface area contributed by atoms with E-state index >= 15 is 0 Å². The first-order valence-electron chi connectivity index (χ1n) is 4.36. The van der Waals surface area contributed by atoms with Crippen LogP contribution in [0.3, 0.4) is 0 Å². The molecule has 0 unspecified atom stereocenters. The molecule has 0 fully saturated rings. The van der Waals surface area contributed by atoms with E-state index in [1.807, 2.05) is 0 Å². The molecule has 0 saturated heterocycles. The normalized spacial score (nSPS) is 11.5. The van der Waals surface area contributed by atoms with Crippen molar-refractivity contribution in [1.82, 2.24) is 10.6 Å². The van der Waals surface area contributed by atoms with Crippen LogP contribution in [-0.4, -0.2) is 30.7 Å². The summed E-state index contributed by atoms with van der Waals surface area (Å²) in [6, 6.07) is -0.443. The Kier molecular flexibility index (Phi) is 6.09. The van der Waals surface area contributed by atoms with Gasteiger partial charge in [-0.25, -0.2) is 0 Å². The van der Waals surface area contributed by atoms with Gasteiger partial charge in [-0.05, 0) is 12.8 Å². The molecule has 0 aromatic carbocycles. The van der Waals surface area contributed by atoms with Gasteiger partial charge in [-0.15, -0.1) is 0 Å². The van der Waals surface area contributed by atoms with Crippen molar-refractivity contribution in [2.24, 2.45) is 5.73 Å². The van der Waals surface area contributed by atoms with Gasteiger partial charge in [0, 0.05) is 13.5 Å². The Morgan fingerprint density at radius 2 is 2.29 bits per heavy atom. The molecule has 0 aliphatic heterocycles. The summed E-state index contributed by atoms with van der Waals surface area (Å²) in [5.41, 5.74) is 5.06. The standard InChI is InChI=1S/C8H16N4O2/c1-6(14)12-7(5-13)3-2-4-11-8(9)10/h5,7H,2-4H2,1H3,(H,12,14)(H4,9,10,11)/t7-/m0/s1. The summed E-state index contributed by atoms with van der Waals surface area (Å²) in [5, 5.41) is 12.0. The summed E-state index contributed by atoms with van der Waals surface area (Å²) >= 11 is 0. The third-order valence-corrected chi connectivity index (χ3v) is 1.56. The molecule has 0 rings (SSSR count). The SMILES string of the molecule is CC(=O)N[C@H](C=O)CCCNC(=N)N. The van der Waals surface area contributed by atoms with Crippen molar-refractivity contribution >= 4 is 18.2 Å². The number of aldehydes is 1. The van der Waals surface area contributed by atoms with Gasteiger partial charge in [0.2, 0.25) is 5.91 Å². The summed E-state index contributed by atoms with van der Waals surface area (Å²) in [6.07, 6.45) is 1.92. The van der Waals surface area contributed by atoms with Crippen LogP contribution in [0.15, 0.2) is 0 Å². The summed E-state index contributed by atoms with van der Waals surface area (Å²) < 4.78 is 0. The summed E-state index contributed by atoms with van der Waals surface area (Å²) in [4.78, 5) is 21.1. The molecule has 0 bridgehead atoms. The Morgan fingerprint density at radius 1 is 1.64 bits per heavy atom. The van der Waals surface area contributed by atoms with Crippen LogP contribution in [-0.2, 0) is 9.59 Å². The fourth-order valence-electron chi connectivity index (χ4n) is 0.980. The van der Waals surface area contributed by atoms with Crippen LogP contribution in [0.25, 0.3) is 0 Å². The Hall–Kier alpha value is -1.59. The maximum atomic E-state index is 10.6. The molecule has 0 saturated carbocycles. The van der Waals surface area contributed by atoms with Crippen molar-refractivity contribution in [1.29, 1.82) is 5.41 Å². The minimum absolute atomic E-state index is 0.0906. The van der Waals surface area contributed by atoms with Gasteiger partial charge in [-0.3, -0.25) is 10.2 Å². The van der Waals surface area contributed by atoms with Crippen molar-refractivity contribution < 1.29 is 9.59 Å². The smallest absolute Gasteiger partial charge is 0.217 e. The first-order chi connectivity index (χ1) is 6.56. The van der Waals surface area contributed by atoms with E-state index in [0.29, 0.717) is 25.7 Å². The lowest BCUT2D eigenvalue weighted by atomic mass is 10.2. The van der Waals surface area contributed by atoms with Gasteiger partial charge in [0.25, 0.3) is 0 Å². The average Bonchev–Trinajstić information content (AvgIpc) is 2.09. The second kappa shape index (κ2) is 6.88. The first-order valence-corrected chi connectivity index (χ1v) is 4.36. The molecule has 1 atom stereocenters. The molecule has 14 heavy (non-hydrogen) atoms. The molecule has 5 N–H and O–H groups in total. The third-order valence-electron chi connectivity index (χ3n) is 1.56. The lowest BCUT2D eigenvalue weighted by molar-refractivity contribution is -0.122. The highest BCUT2D eigenvalue weighted by Gasteiger charge is 2.07. The van der Waals surface area contributed by atoms with Gasteiger partial charge in [0.15, 0.2) is 5.96 Å². The quantitative estimate of drug-likeness (QED) is 0.190. The second-order valence-electron chi connectivity index (χ2n) is 2.93. The maximum Gasteiger partial charge on any atom is 0.217 e. The van der Waals surface area contributed by atoms with Crippen LogP contribution >= 0.6 is 0 Å². The van der Waals surface area contributed by atoms with Crippen LogP contribution in [0.2, 0.25) is 0 Å². The molecule has 0 radical (unpaired) electrons. The Morgan fingerprint density at radius 3 is 2.71 bits per heavy atom. The average molecular weight is 200 g/mol. The van der Waals surface area contributed by atoms with Gasteiger partial charge >= 0.3 is 0 Å². The number of guanidine groups is 1. The molecular weight excluding hydrogens is 184 g/mol. The number of hydrogen-bond donors (Lipinski definition) is 4. The highest BCUT2D eigenvalue weighted by molar-refractivity contribution is 5.77. The van der Waals surface area contributed by atoms with Gasteiger partial charge in [0.05, 0.1) is 6.04 Å². The molecule has 0 spiro atoms. The van der Waals surface area contributed by atoms with Gasteiger partial charge in [-0.2, -0.15) is 0 Å². The predicted molar refractivity (Wildman–Crippen MR) is 52.8 cm³/mol. The van der Waals surface area contributed by atoms with Crippen molar-refractivity contribution in [3.05, 3.63) is 0 Å². The van der Waals surface area contributed by atoms with Crippen molar-refractivity contribution in [2.75, 3.05) is 6.54 Å². The molecule has 0 aliphatic rings. The zero-order valence-electron chi connectivity index (χ0n) is 8.17. The molecule has 0 aromatic heterocycles. The maximum absolute atomic E-state index is 10.6. The van der Waals surface area contributed by atoms with Crippen molar-refractivity contribution in [2.45, 2.75) is 25.8 Å². The first kappa shape index (κ1) is 12.4. The van der Waals surface area contributed by atoms with E-state index in [0.717, 1.165) is 0 Å². The molecular formula is C8H16N4O2. The molecule has 0 heterocycles. The molecule has 0 aromatic rings. The van der Waals surface area contributed by atoms with Crippen LogP contribution in [0.5, 0.6) is 0 Å². The van der Waals surface area contributed by atoms with Crippen LogP contribution in [0.1, 0.15) is 19.8 Å². The van der Waals surface area contributed by atoms with Crippen molar-refractivity contribution in [3.8, 4) is 0 Å². The number of carbonyl (C=O) groups excluding carboxylic acids is 2. The molecule has 6 nitrogen and oxygen atoms in total. The monoisotopic (exact) mass is 200 g/mol. The van der Waals surface area contributed by atoms with E-state index in [1.54, 1.807) is 0 Å². The highest BCUT2D eigenvalue weighted by Crippen LogP contribution is 1.93. The summed E-state index contributed by atoms with van der Waals surface area (Å²) in [5.74, 6) is -0.311. The number of rotatable bonds is 6. The van der Waals surface area contributed by atoms with Crippen LogP contribution < -0.4 is 16.4 Å². The minimum Gasteiger partial charge on any atom is -0.370 e. The zero-order chi connectivity index (χ0) is 11.0. The fraction of sp³-hybridized carbons (Fsp3) is 0.625. The van der Waals surface area contributed by atoms with Crippen LogP contribution in [0, 0.1) is 5.41 Å². The number of nitrogens with two attached hydrogens (primary N) is 1. The van der Waals surface area contributed by atoms with E-state index in [9.17, 15) is 9.59 Å². The molecule has 6 heteroatoms. The van der Waals surface area contributed by atoms with Gasteiger partial charge in [-0.1, -0.05) is 0 Å². The Bertz CT molecular complexity index is 217. The summed E-state index contributed by atoms with van der Waals surface area (Å²) in [7, 11) is 0. The largest absolute Gasteiger partial charge is 0.370 e. The minimum atomic E-state index is -0.443. The molecule has 1 amide bonds. The molecule has 0 aliphatic carbocycles. The van der Waals surface area contributed by atoms with E-state index < -0.39 is 6.04 Å². The van der Waals surface area contributed by atoms with Crippen molar-refractivity contribution in [3.63, 3.8) is 0 Å². The lowest BCUT2D eigenvalue weighted by Crippen LogP contribution is -2.36. The van der Waals surface area contributed by atoms with E-state index in [4.69, 9.17) is 11.1 Å². The topological polar surface area (TPSA) is 108 Å². The zero-order valence-corrected chi connectivity index (χ0v) is 8.17. The van der Waals surface area contributed by atoms with E-state index in [-0.39, 0.29) is 11.9 Å².